The number of carbonyl (C=O) groups is 1. The molecule has 0 aromatic carbocycles. The van der Waals surface area contributed by atoms with E-state index in [1.807, 2.05) is 24.4 Å². The lowest BCUT2D eigenvalue weighted by Crippen LogP contribution is -2.23. The van der Waals surface area contributed by atoms with Crippen molar-refractivity contribution in [2.75, 3.05) is 7.05 Å². The zero-order chi connectivity index (χ0) is 14.1. The number of nitrogens with zero attached hydrogens (tertiary/aromatic N) is 3. The molecule has 7 heteroatoms. The summed E-state index contributed by atoms with van der Waals surface area (Å²) >= 11 is 2.76. The molecule has 3 heterocycles. The highest BCUT2D eigenvalue weighted by molar-refractivity contribution is 8.18. The number of carbonyl (C=O) groups excluding carboxylic acids is 1. The molecule has 20 heavy (non-hydrogen) atoms. The molecule has 0 saturated carbocycles. The second-order valence-electron chi connectivity index (χ2n) is 4.13. The third-order valence-electron chi connectivity index (χ3n) is 2.65. The Morgan fingerprint density at radius 1 is 1.45 bits per heavy atom. The van der Waals surface area contributed by atoms with E-state index in [1.54, 1.807) is 19.3 Å². The number of rotatable bonds is 2. The van der Waals surface area contributed by atoms with Gasteiger partial charge in [-0.25, -0.2) is 4.98 Å². The van der Waals surface area contributed by atoms with Crippen LogP contribution in [-0.4, -0.2) is 28.0 Å². The summed E-state index contributed by atoms with van der Waals surface area (Å²) in [7, 11) is 1.70. The number of likely N-dealkylation sites (N-methyl/N-ethyl adjacent to an activating group) is 1. The van der Waals surface area contributed by atoms with Gasteiger partial charge in [-0.2, -0.15) is 4.99 Å². The lowest BCUT2D eigenvalue weighted by molar-refractivity contribution is -0.121. The van der Waals surface area contributed by atoms with Crippen molar-refractivity contribution in [3.8, 4) is 0 Å². The van der Waals surface area contributed by atoms with Crippen LogP contribution >= 0.6 is 23.1 Å². The molecule has 102 valence electrons. The zero-order valence-corrected chi connectivity index (χ0v) is 12.5. The molecule has 1 fully saturated rings. The number of aromatic nitrogens is 1. The standard InChI is InChI=1S/C13H11N3O2S2/c1-8-3-4-9(18-8)7-10-11(17)16(2)13(20-10)15-12-14-5-6-19-12/h3-7H,1-2H3/b10-7+,15-13+. The first-order valence-corrected chi connectivity index (χ1v) is 7.55. The van der Waals surface area contributed by atoms with Crippen LogP contribution in [0.4, 0.5) is 5.13 Å². The van der Waals surface area contributed by atoms with Gasteiger partial charge in [0.05, 0.1) is 4.91 Å². The predicted octanol–water partition coefficient (Wildman–Crippen LogP) is 3.28. The quantitative estimate of drug-likeness (QED) is 0.799. The number of hydrogen-bond donors (Lipinski definition) is 0. The van der Waals surface area contributed by atoms with Crippen molar-refractivity contribution in [1.29, 1.82) is 0 Å². The van der Waals surface area contributed by atoms with Crippen molar-refractivity contribution >= 4 is 45.4 Å². The minimum Gasteiger partial charge on any atom is -0.462 e. The molecular weight excluding hydrogens is 294 g/mol. The summed E-state index contributed by atoms with van der Waals surface area (Å²) in [4.78, 5) is 22.7. The van der Waals surface area contributed by atoms with E-state index in [4.69, 9.17) is 4.42 Å². The summed E-state index contributed by atoms with van der Waals surface area (Å²) < 4.78 is 5.46. The third kappa shape index (κ3) is 2.54. The van der Waals surface area contributed by atoms with Crippen LogP contribution in [0.2, 0.25) is 0 Å². The monoisotopic (exact) mass is 305 g/mol. The maximum absolute atomic E-state index is 12.2. The summed E-state index contributed by atoms with van der Waals surface area (Å²) in [5.41, 5.74) is 0. The van der Waals surface area contributed by atoms with Gasteiger partial charge in [-0.05, 0) is 30.8 Å². The number of hydrogen-bond acceptors (Lipinski definition) is 6. The van der Waals surface area contributed by atoms with E-state index in [0.29, 0.717) is 21.0 Å². The van der Waals surface area contributed by atoms with E-state index >= 15 is 0 Å². The first-order chi connectivity index (χ1) is 9.63. The van der Waals surface area contributed by atoms with Crippen molar-refractivity contribution in [3.05, 3.63) is 40.1 Å². The molecule has 2 aromatic rings. The second-order valence-corrected chi connectivity index (χ2v) is 6.01. The van der Waals surface area contributed by atoms with Gasteiger partial charge < -0.3 is 4.42 Å². The van der Waals surface area contributed by atoms with E-state index < -0.39 is 0 Å². The Hall–Kier alpha value is -1.86. The smallest absolute Gasteiger partial charge is 0.266 e. The zero-order valence-electron chi connectivity index (χ0n) is 10.9. The Labute approximate surface area is 124 Å². The maximum atomic E-state index is 12.2. The summed E-state index contributed by atoms with van der Waals surface area (Å²) in [6, 6.07) is 3.71. The molecule has 1 aliphatic heterocycles. The van der Waals surface area contributed by atoms with Gasteiger partial charge >= 0.3 is 0 Å². The van der Waals surface area contributed by atoms with E-state index in [1.165, 1.54) is 28.0 Å². The van der Waals surface area contributed by atoms with Crippen LogP contribution in [0.3, 0.4) is 0 Å². The van der Waals surface area contributed by atoms with Gasteiger partial charge in [0.25, 0.3) is 5.91 Å². The highest BCUT2D eigenvalue weighted by Gasteiger charge is 2.30. The van der Waals surface area contributed by atoms with Gasteiger partial charge in [0.2, 0.25) is 5.13 Å². The van der Waals surface area contributed by atoms with E-state index in [-0.39, 0.29) is 5.91 Å². The fourth-order valence-corrected chi connectivity index (χ4v) is 3.17. The number of amides is 1. The maximum Gasteiger partial charge on any atom is 0.266 e. The Morgan fingerprint density at radius 3 is 2.95 bits per heavy atom. The minimum absolute atomic E-state index is 0.0839. The number of aryl methyl sites for hydroxylation is 1. The number of amidine groups is 1. The van der Waals surface area contributed by atoms with Gasteiger partial charge in [0.1, 0.15) is 11.5 Å². The molecule has 1 aliphatic rings. The van der Waals surface area contributed by atoms with Gasteiger partial charge in [0.15, 0.2) is 5.17 Å². The molecular formula is C13H11N3O2S2. The van der Waals surface area contributed by atoms with Crippen molar-refractivity contribution < 1.29 is 9.21 Å². The first kappa shape index (κ1) is 13.1. The number of thiazole rings is 1. The molecule has 3 rings (SSSR count). The van der Waals surface area contributed by atoms with Crippen molar-refractivity contribution in [2.45, 2.75) is 6.92 Å². The molecule has 5 nitrogen and oxygen atoms in total. The van der Waals surface area contributed by atoms with Crippen LogP contribution in [-0.2, 0) is 4.79 Å². The average Bonchev–Trinajstić information content (AvgIpc) is 3.11. The molecule has 0 N–H and O–H groups in total. The molecule has 2 aromatic heterocycles. The van der Waals surface area contributed by atoms with Crippen LogP contribution in [0.1, 0.15) is 11.5 Å². The largest absolute Gasteiger partial charge is 0.462 e. The van der Waals surface area contributed by atoms with Crippen molar-refractivity contribution in [2.24, 2.45) is 4.99 Å². The van der Waals surface area contributed by atoms with Crippen LogP contribution in [0.5, 0.6) is 0 Å². The summed E-state index contributed by atoms with van der Waals surface area (Å²) in [5, 5.41) is 3.12. The highest BCUT2D eigenvalue weighted by atomic mass is 32.2. The Kier molecular flexibility index (Phi) is 3.45. The fraction of sp³-hybridized carbons (Fsp3) is 0.154. The molecule has 0 unspecified atom stereocenters. The van der Waals surface area contributed by atoms with Gasteiger partial charge in [-0.1, -0.05) is 0 Å². The van der Waals surface area contributed by atoms with Gasteiger partial charge in [0, 0.05) is 24.7 Å². The van der Waals surface area contributed by atoms with Crippen LogP contribution in [0, 0.1) is 6.92 Å². The summed E-state index contributed by atoms with van der Waals surface area (Å²) in [5.74, 6) is 1.40. The highest BCUT2D eigenvalue weighted by Crippen LogP contribution is 2.33. The molecule has 0 aliphatic carbocycles. The first-order valence-electron chi connectivity index (χ1n) is 5.86. The summed E-state index contributed by atoms with van der Waals surface area (Å²) in [6.45, 7) is 1.87. The molecule has 0 spiro atoms. The van der Waals surface area contributed by atoms with Gasteiger partial charge in [-0.15, -0.1) is 11.3 Å². The van der Waals surface area contributed by atoms with E-state index in [0.717, 1.165) is 5.76 Å². The van der Waals surface area contributed by atoms with E-state index in [2.05, 4.69) is 9.98 Å². The van der Waals surface area contributed by atoms with Crippen LogP contribution in [0.15, 0.2) is 38.0 Å². The molecule has 1 amide bonds. The van der Waals surface area contributed by atoms with Crippen LogP contribution < -0.4 is 0 Å². The molecule has 0 bridgehead atoms. The molecule has 0 atom stereocenters. The average molecular weight is 305 g/mol. The predicted molar refractivity (Wildman–Crippen MR) is 81.0 cm³/mol. The van der Waals surface area contributed by atoms with E-state index in [9.17, 15) is 4.79 Å². The van der Waals surface area contributed by atoms with Crippen molar-refractivity contribution in [1.82, 2.24) is 9.88 Å². The Balaban J connectivity index is 1.89. The second kappa shape index (κ2) is 5.26. The number of thioether (sulfide) groups is 1. The Bertz CT molecular complexity index is 701. The number of furan rings is 1. The lowest BCUT2D eigenvalue weighted by Gasteiger charge is -2.05. The normalized spacial score (nSPS) is 19.5. The lowest BCUT2D eigenvalue weighted by atomic mass is 10.3. The fourth-order valence-electron chi connectivity index (χ4n) is 1.66. The Morgan fingerprint density at radius 2 is 2.30 bits per heavy atom. The summed E-state index contributed by atoms with van der Waals surface area (Å²) in [6.07, 6.45) is 3.43. The third-order valence-corrected chi connectivity index (χ3v) is 4.37. The molecule has 1 saturated heterocycles. The van der Waals surface area contributed by atoms with Gasteiger partial charge in [-0.3, -0.25) is 9.69 Å². The van der Waals surface area contributed by atoms with Crippen molar-refractivity contribution in [3.63, 3.8) is 0 Å². The molecule has 0 radical (unpaired) electrons. The minimum atomic E-state index is -0.0839. The number of aliphatic imine (C=N–C) groups is 1. The topological polar surface area (TPSA) is 58.7 Å². The SMILES string of the molecule is Cc1ccc(/C=C2/S/C(=N/c3nccs3)N(C)C2=O)o1. The van der Waals surface area contributed by atoms with Crippen LogP contribution in [0.25, 0.3) is 6.08 Å².